The van der Waals surface area contributed by atoms with E-state index in [-0.39, 0.29) is 30.5 Å². The van der Waals surface area contributed by atoms with Gasteiger partial charge >= 0.3 is 0 Å². The first kappa shape index (κ1) is 26.0. The highest BCUT2D eigenvalue weighted by molar-refractivity contribution is 14.1. The molecule has 10 heteroatoms. The van der Waals surface area contributed by atoms with Crippen LogP contribution >= 0.6 is 34.4 Å². The summed E-state index contributed by atoms with van der Waals surface area (Å²) in [5.74, 6) is 1.41. The number of aromatic nitrogens is 3. The van der Waals surface area contributed by atoms with Crippen LogP contribution in [0.15, 0.2) is 41.6 Å². The van der Waals surface area contributed by atoms with Gasteiger partial charge in [-0.1, -0.05) is 23.9 Å². The SMILES string of the molecule is CCn1c(CNC(=O)Cc2ccc(OC)cc2)nnc1SCC(=O)Nc1c(C)cc(I)cc1C. The van der Waals surface area contributed by atoms with Crippen LogP contribution in [0.4, 0.5) is 5.69 Å². The number of amides is 2. The lowest BCUT2D eigenvalue weighted by Gasteiger charge is -2.12. The number of hydrogen-bond donors (Lipinski definition) is 2. The molecule has 0 aliphatic carbocycles. The van der Waals surface area contributed by atoms with Gasteiger partial charge in [0.15, 0.2) is 11.0 Å². The van der Waals surface area contributed by atoms with Crippen molar-refractivity contribution in [1.29, 1.82) is 0 Å². The van der Waals surface area contributed by atoms with E-state index in [1.165, 1.54) is 11.8 Å². The standard InChI is InChI=1S/C24H28IN5O3S/c1-5-30-20(13-26-21(31)12-17-6-8-19(33-4)9-7-17)28-29-24(30)34-14-22(32)27-23-15(2)10-18(25)11-16(23)3/h6-11H,5,12-14H2,1-4H3,(H,26,31)(H,27,32). The molecule has 0 saturated carbocycles. The zero-order valence-corrected chi connectivity index (χ0v) is 22.6. The Hall–Kier alpha value is -2.60. The largest absolute Gasteiger partial charge is 0.497 e. The second-order valence-electron chi connectivity index (χ2n) is 7.70. The van der Waals surface area contributed by atoms with Crippen molar-refractivity contribution in [2.75, 3.05) is 18.2 Å². The molecule has 34 heavy (non-hydrogen) atoms. The minimum absolute atomic E-state index is 0.0996. The van der Waals surface area contributed by atoms with Gasteiger partial charge in [0.05, 0.1) is 25.8 Å². The Bertz CT molecular complexity index is 1140. The topological polar surface area (TPSA) is 98.1 Å². The van der Waals surface area contributed by atoms with Gasteiger partial charge in [-0.25, -0.2) is 0 Å². The number of halogens is 1. The molecule has 8 nitrogen and oxygen atoms in total. The van der Waals surface area contributed by atoms with E-state index >= 15 is 0 Å². The Kier molecular flexibility index (Phi) is 9.34. The average Bonchev–Trinajstić information content (AvgIpc) is 3.21. The van der Waals surface area contributed by atoms with Gasteiger partial charge in [-0.05, 0) is 84.3 Å². The predicted octanol–water partition coefficient (Wildman–Crippen LogP) is 4.12. The van der Waals surface area contributed by atoms with Gasteiger partial charge in [0.1, 0.15) is 5.75 Å². The van der Waals surface area contributed by atoms with E-state index in [4.69, 9.17) is 4.74 Å². The Balaban J connectivity index is 1.54. The maximum absolute atomic E-state index is 12.6. The lowest BCUT2D eigenvalue weighted by molar-refractivity contribution is -0.120. The second kappa shape index (κ2) is 12.2. The van der Waals surface area contributed by atoms with Crippen molar-refractivity contribution < 1.29 is 14.3 Å². The van der Waals surface area contributed by atoms with Crippen molar-refractivity contribution in [3.63, 3.8) is 0 Å². The van der Waals surface area contributed by atoms with Gasteiger partial charge in [0, 0.05) is 15.8 Å². The molecule has 0 unspecified atom stereocenters. The van der Waals surface area contributed by atoms with E-state index < -0.39 is 0 Å². The number of aryl methyl sites for hydroxylation is 2. The van der Waals surface area contributed by atoms with Crippen LogP contribution in [0.25, 0.3) is 0 Å². The summed E-state index contributed by atoms with van der Waals surface area (Å²) in [6.45, 7) is 6.86. The van der Waals surface area contributed by atoms with Crippen LogP contribution in [0, 0.1) is 17.4 Å². The van der Waals surface area contributed by atoms with E-state index in [9.17, 15) is 9.59 Å². The normalized spacial score (nSPS) is 10.7. The smallest absolute Gasteiger partial charge is 0.234 e. The minimum Gasteiger partial charge on any atom is -0.497 e. The molecule has 2 N–H and O–H groups in total. The van der Waals surface area contributed by atoms with Gasteiger partial charge in [-0.15, -0.1) is 10.2 Å². The van der Waals surface area contributed by atoms with Crippen molar-refractivity contribution >= 4 is 51.9 Å². The van der Waals surface area contributed by atoms with Gasteiger partial charge < -0.3 is 19.9 Å². The number of carbonyl (C=O) groups is 2. The number of methoxy groups -OCH3 is 1. The maximum Gasteiger partial charge on any atom is 0.234 e. The molecular formula is C24H28IN5O3S. The molecule has 0 fully saturated rings. The summed E-state index contributed by atoms with van der Waals surface area (Å²) in [5, 5.41) is 15.0. The third-order valence-electron chi connectivity index (χ3n) is 5.17. The van der Waals surface area contributed by atoms with Crippen LogP contribution in [0.3, 0.4) is 0 Å². The fourth-order valence-corrected chi connectivity index (χ4v) is 5.21. The molecule has 2 amide bonds. The summed E-state index contributed by atoms with van der Waals surface area (Å²) >= 11 is 3.59. The Morgan fingerprint density at radius 2 is 1.76 bits per heavy atom. The number of hydrogen-bond acceptors (Lipinski definition) is 6. The zero-order chi connectivity index (χ0) is 24.7. The highest BCUT2D eigenvalue weighted by Crippen LogP contribution is 2.24. The first-order valence-corrected chi connectivity index (χ1v) is 12.9. The van der Waals surface area contributed by atoms with E-state index in [0.29, 0.717) is 17.5 Å². The monoisotopic (exact) mass is 593 g/mol. The molecule has 0 aliphatic heterocycles. The van der Waals surface area contributed by atoms with Crippen LogP contribution in [0.1, 0.15) is 29.4 Å². The summed E-state index contributed by atoms with van der Waals surface area (Å²) in [5.41, 5.74) is 3.82. The molecule has 0 radical (unpaired) electrons. The Morgan fingerprint density at radius 1 is 1.09 bits per heavy atom. The molecule has 1 aromatic heterocycles. The quantitative estimate of drug-likeness (QED) is 0.271. The number of carbonyl (C=O) groups excluding carboxylic acids is 2. The lowest BCUT2D eigenvalue weighted by atomic mass is 10.1. The summed E-state index contributed by atoms with van der Waals surface area (Å²) in [4.78, 5) is 24.9. The minimum atomic E-state index is -0.104. The maximum atomic E-state index is 12.6. The first-order chi connectivity index (χ1) is 16.3. The van der Waals surface area contributed by atoms with Gasteiger partial charge in [0.25, 0.3) is 0 Å². The number of anilines is 1. The highest BCUT2D eigenvalue weighted by atomic mass is 127. The number of thioether (sulfide) groups is 1. The number of rotatable bonds is 10. The van der Waals surface area contributed by atoms with Crippen LogP contribution < -0.4 is 15.4 Å². The van der Waals surface area contributed by atoms with E-state index in [2.05, 4.69) is 43.4 Å². The van der Waals surface area contributed by atoms with Crippen LogP contribution in [0.5, 0.6) is 5.75 Å². The average molecular weight is 593 g/mol. The van der Waals surface area contributed by atoms with Crippen molar-refractivity contribution in [3.8, 4) is 5.75 Å². The zero-order valence-electron chi connectivity index (χ0n) is 19.6. The van der Waals surface area contributed by atoms with Crippen LogP contribution in [-0.4, -0.2) is 39.4 Å². The molecule has 0 spiro atoms. The summed E-state index contributed by atoms with van der Waals surface area (Å²) in [7, 11) is 1.61. The van der Waals surface area contributed by atoms with Crippen LogP contribution in [0.2, 0.25) is 0 Å². The molecular weight excluding hydrogens is 565 g/mol. The highest BCUT2D eigenvalue weighted by Gasteiger charge is 2.15. The molecule has 2 aromatic carbocycles. The third-order valence-corrected chi connectivity index (χ3v) is 6.76. The molecule has 0 atom stereocenters. The number of ether oxygens (including phenoxy) is 1. The van der Waals surface area contributed by atoms with E-state index in [1.54, 1.807) is 7.11 Å². The fourth-order valence-electron chi connectivity index (χ4n) is 3.46. The van der Waals surface area contributed by atoms with Crippen molar-refractivity contribution in [2.45, 2.75) is 45.4 Å². The van der Waals surface area contributed by atoms with Crippen molar-refractivity contribution in [1.82, 2.24) is 20.1 Å². The molecule has 1 heterocycles. The molecule has 0 aliphatic rings. The van der Waals surface area contributed by atoms with E-state index in [1.807, 2.05) is 61.7 Å². The first-order valence-electron chi connectivity index (χ1n) is 10.8. The second-order valence-corrected chi connectivity index (χ2v) is 9.88. The molecule has 0 saturated heterocycles. The number of nitrogens with zero attached hydrogens (tertiary/aromatic N) is 3. The number of nitrogens with one attached hydrogen (secondary N) is 2. The fraction of sp³-hybridized carbons (Fsp3) is 0.333. The van der Waals surface area contributed by atoms with Gasteiger partial charge in [0.2, 0.25) is 11.8 Å². The lowest BCUT2D eigenvalue weighted by Crippen LogP contribution is -2.26. The Morgan fingerprint density at radius 3 is 2.38 bits per heavy atom. The van der Waals surface area contributed by atoms with Crippen LogP contribution in [-0.2, 0) is 29.1 Å². The van der Waals surface area contributed by atoms with Gasteiger partial charge in [-0.3, -0.25) is 9.59 Å². The molecule has 3 aromatic rings. The van der Waals surface area contributed by atoms with E-state index in [0.717, 1.165) is 31.7 Å². The summed E-state index contributed by atoms with van der Waals surface area (Å²) < 4.78 is 8.19. The van der Waals surface area contributed by atoms with Gasteiger partial charge in [-0.2, -0.15) is 0 Å². The molecule has 3 rings (SSSR count). The van der Waals surface area contributed by atoms with Crippen molar-refractivity contribution in [2.24, 2.45) is 0 Å². The predicted molar refractivity (Wildman–Crippen MR) is 142 cm³/mol. The Labute approximate surface area is 217 Å². The van der Waals surface area contributed by atoms with Crippen molar-refractivity contribution in [3.05, 3.63) is 62.5 Å². The number of benzene rings is 2. The summed E-state index contributed by atoms with van der Waals surface area (Å²) in [6.07, 6.45) is 0.267. The third kappa shape index (κ3) is 6.95. The molecule has 0 bridgehead atoms. The summed E-state index contributed by atoms with van der Waals surface area (Å²) in [6, 6.07) is 11.5. The molecule has 180 valence electrons.